The van der Waals surface area contributed by atoms with Crippen LogP contribution in [-0.2, 0) is 4.79 Å². The van der Waals surface area contributed by atoms with Gasteiger partial charge < -0.3 is 20.6 Å². The van der Waals surface area contributed by atoms with Crippen molar-refractivity contribution in [3.05, 3.63) is 42.5 Å². The average Bonchev–Trinajstić information content (AvgIpc) is 3.64. The summed E-state index contributed by atoms with van der Waals surface area (Å²) in [6.07, 6.45) is 4.38. The van der Waals surface area contributed by atoms with Crippen molar-refractivity contribution < 1.29 is 27.9 Å². The van der Waals surface area contributed by atoms with Crippen molar-refractivity contribution in [2.45, 2.75) is 69.5 Å². The lowest BCUT2D eigenvalue weighted by molar-refractivity contribution is -0.138. The number of nitrogens with one attached hydrogen (secondary N) is 2. The Morgan fingerprint density at radius 3 is 2.44 bits per heavy atom. The third-order valence-electron chi connectivity index (χ3n) is 6.81. The van der Waals surface area contributed by atoms with E-state index in [9.17, 15) is 27.9 Å². The molecule has 1 aromatic carbocycles. The van der Waals surface area contributed by atoms with Crippen LogP contribution in [0.2, 0.25) is 0 Å². The standard InChI is InChI=1S/C25H30F3N5O3/c26-25(27,28)9-4-10-33(18-5-2-1-3-6-18)22-8-7-16(19-12-20(19)23(34)35)11-21(22)32-24(36)31-17-13-29-15-30-14-17/h7-8,11,13-15,18-20H,1-6,9-10,12H2,(H,34,35)(H2,31,32,36)/t19-,20-/m1/s1. The normalized spacial score (nSPS) is 20.0. The number of amides is 2. The Bertz CT molecular complexity index is 1060. The summed E-state index contributed by atoms with van der Waals surface area (Å²) < 4.78 is 38.8. The fraction of sp³-hybridized carbons (Fsp3) is 0.520. The van der Waals surface area contributed by atoms with Crippen LogP contribution in [0.4, 0.5) is 35.0 Å². The zero-order valence-corrected chi connectivity index (χ0v) is 19.8. The van der Waals surface area contributed by atoms with Gasteiger partial charge in [-0.2, -0.15) is 13.2 Å². The van der Waals surface area contributed by atoms with Crippen molar-refractivity contribution in [2.75, 3.05) is 22.1 Å². The van der Waals surface area contributed by atoms with Gasteiger partial charge in [0.15, 0.2) is 0 Å². The van der Waals surface area contributed by atoms with E-state index in [2.05, 4.69) is 20.6 Å². The van der Waals surface area contributed by atoms with Gasteiger partial charge in [-0.3, -0.25) is 4.79 Å². The van der Waals surface area contributed by atoms with Crippen LogP contribution in [0.1, 0.15) is 62.8 Å². The number of carbonyl (C=O) groups excluding carboxylic acids is 1. The number of rotatable bonds is 9. The van der Waals surface area contributed by atoms with Crippen LogP contribution in [0.25, 0.3) is 0 Å². The minimum atomic E-state index is -4.24. The first-order valence-electron chi connectivity index (χ1n) is 12.2. The molecule has 11 heteroatoms. The summed E-state index contributed by atoms with van der Waals surface area (Å²) in [6, 6.07) is 4.90. The molecule has 2 aromatic rings. The number of halogens is 3. The molecule has 2 amide bonds. The molecule has 3 N–H and O–H groups in total. The second-order valence-corrected chi connectivity index (χ2v) is 9.47. The highest BCUT2D eigenvalue weighted by atomic mass is 19.4. The lowest BCUT2D eigenvalue weighted by atomic mass is 9.93. The van der Waals surface area contributed by atoms with E-state index in [1.807, 2.05) is 11.0 Å². The quantitative estimate of drug-likeness (QED) is 0.398. The number of hydrogen-bond donors (Lipinski definition) is 3. The smallest absolute Gasteiger partial charge is 0.389 e. The summed E-state index contributed by atoms with van der Waals surface area (Å²) in [4.78, 5) is 33.9. The number of aliphatic carboxylic acids is 1. The number of carboxylic acid groups (broad SMARTS) is 1. The van der Waals surface area contributed by atoms with Gasteiger partial charge in [-0.1, -0.05) is 25.3 Å². The average molecular weight is 506 g/mol. The zero-order valence-electron chi connectivity index (χ0n) is 19.8. The molecule has 2 aliphatic carbocycles. The van der Waals surface area contributed by atoms with E-state index in [1.54, 1.807) is 12.1 Å². The minimum Gasteiger partial charge on any atom is -0.481 e. The largest absolute Gasteiger partial charge is 0.481 e. The van der Waals surface area contributed by atoms with Gasteiger partial charge in [-0.05, 0) is 49.3 Å². The molecule has 2 aliphatic rings. The molecule has 0 bridgehead atoms. The molecule has 0 aliphatic heterocycles. The Hall–Kier alpha value is -3.37. The number of aromatic nitrogens is 2. The minimum absolute atomic E-state index is 0.0571. The molecule has 4 rings (SSSR count). The van der Waals surface area contributed by atoms with Crippen LogP contribution in [-0.4, -0.2) is 45.8 Å². The van der Waals surface area contributed by atoms with Gasteiger partial charge in [0.05, 0.1) is 35.4 Å². The van der Waals surface area contributed by atoms with Gasteiger partial charge in [0.25, 0.3) is 0 Å². The van der Waals surface area contributed by atoms with E-state index in [1.165, 1.54) is 18.7 Å². The summed E-state index contributed by atoms with van der Waals surface area (Å²) in [5, 5.41) is 14.8. The Kier molecular flexibility index (Phi) is 7.95. The van der Waals surface area contributed by atoms with E-state index in [-0.39, 0.29) is 24.9 Å². The van der Waals surface area contributed by atoms with Crippen molar-refractivity contribution in [1.82, 2.24) is 9.97 Å². The fourth-order valence-electron chi connectivity index (χ4n) is 4.96. The third kappa shape index (κ3) is 6.86. The summed E-state index contributed by atoms with van der Waals surface area (Å²) in [7, 11) is 0. The number of urea groups is 1. The summed E-state index contributed by atoms with van der Waals surface area (Å²) in [5.74, 6) is -1.49. The number of hydrogen-bond acceptors (Lipinski definition) is 5. The van der Waals surface area contributed by atoms with Crippen LogP contribution in [0, 0.1) is 5.92 Å². The predicted octanol–water partition coefficient (Wildman–Crippen LogP) is 5.79. The van der Waals surface area contributed by atoms with Crippen molar-refractivity contribution in [1.29, 1.82) is 0 Å². The molecule has 0 unspecified atom stereocenters. The first kappa shape index (κ1) is 25.7. The van der Waals surface area contributed by atoms with Crippen LogP contribution in [0.5, 0.6) is 0 Å². The molecule has 194 valence electrons. The summed E-state index contributed by atoms with van der Waals surface area (Å²) in [5.41, 5.74) is 2.24. The number of carboxylic acids is 1. The highest BCUT2D eigenvalue weighted by molar-refractivity contribution is 6.01. The zero-order chi connectivity index (χ0) is 25.7. The van der Waals surface area contributed by atoms with Gasteiger partial charge in [-0.25, -0.2) is 14.8 Å². The molecule has 0 spiro atoms. The molecule has 1 aromatic heterocycles. The molecule has 2 atom stereocenters. The highest BCUT2D eigenvalue weighted by Gasteiger charge is 2.44. The molecule has 2 saturated carbocycles. The second kappa shape index (κ2) is 11.1. The van der Waals surface area contributed by atoms with Crippen LogP contribution < -0.4 is 15.5 Å². The van der Waals surface area contributed by atoms with Crippen molar-refractivity contribution in [2.24, 2.45) is 5.92 Å². The third-order valence-corrected chi connectivity index (χ3v) is 6.81. The number of alkyl halides is 3. The molecule has 0 radical (unpaired) electrons. The van der Waals surface area contributed by atoms with Crippen LogP contribution in [0.15, 0.2) is 36.9 Å². The van der Waals surface area contributed by atoms with E-state index in [4.69, 9.17) is 0 Å². The van der Waals surface area contributed by atoms with Crippen LogP contribution in [0.3, 0.4) is 0 Å². The maximum atomic E-state index is 12.9. The Labute approximate surface area is 207 Å². The number of benzene rings is 1. The number of anilines is 3. The van der Waals surface area contributed by atoms with Gasteiger partial charge in [0.2, 0.25) is 0 Å². The number of nitrogens with zero attached hydrogens (tertiary/aromatic N) is 3. The van der Waals surface area contributed by atoms with Crippen LogP contribution >= 0.6 is 0 Å². The van der Waals surface area contributed by atoms with Crippen molar-refractivity contribution in [3.8, 4) is 0 Å². The van der Waals surface area contributed by atoms with Gasteiger partial charge in [0, 0.05) is 19.0 Å². The molecule has 8 nitrogen and oxygen atoms in total. The van der Waals surface area contributed by atoms with E-state index < -0.39 is 30.5 Å². The van der Waals surface area contributed by atoms with Gasteiger partial charge in [-0.15, -0.1) is 0 Å². The monoisotopic (exact) mass is 505 g/mol. The maximum absolute atomic E-state index is 12.9. The Morgan fingerprint density at radius 1 is 1.08 bits per heavy atom. The maximum Gasteiger partial charge on any atom is 0.389 e. The SMILES string of the molecule is O=C(Nc1cncnc1)Nc1cc([C@H]2C[C@H]2C(=O)O)ccc1N(CCCC(F)(F)F)C1CCCCC1. The number of carbonyl (C=O) groups is 2. The lowest BCUT2D eigenvalue weighted by Crippen LogP contribution is -2.38. The predicted molar refractivity (Wildman–Crippen MR) is 129 cm³/mol. The topological polar surface area (TPSA) is 107 Å². The second-order valence-electron chi connectivity index (χ2n) is 9.47. The lowest BCUT2D eigenvalue weighted by Gasteiger charge is -2.37. The van der Waals surface area contributed by atoms with Gasteiger partial charge in [0.1, 0.15) is 6.33 Å². The Balaban J connectivity index is 1.62. The molecular formula is C25H30F3N5O3. The highest BCUT2D eigenvalue weighted by Crippen LogP contribution is 2.49. The summed E-state index contributed by atoms with van der Waals surface area (Å²) in [6.45, 7) is 0.202. The Morgan fingerprint density at radius 2 is 1.81 bits per heavy atom. The van der Waals surface area contributed by atoms with Gasteiger partial charge >= 0.3 is 18.2 Å². The van der Waals surface area contributed by atoms with E-state index in [0.717, 1.165) is 37.7 Å². The molecule has 0 saturated heterocycles. The van der Waals surface area contributed by atoms with E-state index in [0.29, 0.717) is 23.5 Å². The first-order valence-corrected chi connectivity index (χ1v) is 12.2. The molecule has 36 heavy (non-hydrogen) atoms. The molecule has 1 heterocycles. The fourth-order valence-corrected chi connectivity index (χ4v) is 4.96. The molecular weight excluding hydrogens is 475 g/mol. The molecule has 2 fully saturated rings. The van der Waals surface area contributed by atoms with Crippen molar-refractivity contribution in [3.63, 3.8) is 0 Å². The first-order chi connectivity index (χ1) is 17.2. The van der Waals surface area contributed by atoms with E-state index >= 15 is 0 Å². The summed E-state index contributed by atoms with van der Waals surface area (Å²) >= 11 is 0. The van der Waals surface area contributed by atoms with Crippen molar-refractivity contribution >= 4 is 29.1 Å².